The van der Waals surface area contributed by atoms with Crippen LogP contribution in [0.5, 0.6) is 5.75 Å². The van der Waals surface area contributed by atoms with Gasteiger partial charge < -0.3 is 13.7 Å². The van der Waals surface area contributed by atoms with Crippen molar-refractivity contribution in [2.75, 3.05) is 7.11 Å². The SMILES string of the molecule is COc1ccc(N=C2S/C(=C/c3ccn(C4CCCC4)c3)C(=O)N2Cc2ccco2)cc1. The van der Waals surface area contributed by atoms with Crippen molar-refractivity contribution >= 4 is 34.6 Å². The molecule has 0 bridgehead atoms. The molecule has 1 amide bonds. The molecule has 3 aromatic rings. The van der Waals surface area contributed by atoms with Gasteiger partial charge in [-0.25, -0.2) is 4.99 Å². The molecule has 2 aromatic heterocycles. The van der Waals surface area contributed by atoms with Gasteiger partial charge in [0.1, 0.15) is 11.5 Å². The molecule has 7 heteroatoms. The van der Waals surface area contributed by atoms with Gasteiger partial charge in [0.25, 0.3) is 5.91 Å². The number of furan rings is 1. The molecule has 2 aliphatic rings. The maximum Gasteiger partial charge on any atom is 0.267 e. The quantitative estimate of drug-likeness (QED) is 0.434. The second kappa shape index (κ2) is 9.12. The first kappa shape index (κ1) is 20.7. The van der Waals surface area contributed by atoms with Crippen molar-refractivity contribution in [2.24, 2.45) is 4.99 Å². The molecule has 1 aromatic carbocycles. The average Bonchev–Trinajstić information content (AvgIpc) is 3.61. The Bertz CT molecular complexity index is 1140. The minimum atomic E-state index is -0.0627. The summed E-state index contributed by atoms with van der Waals surface area (Å²) in [7, 11) is 1.63. The molecule has 5 rings (SSSR count). The summed E-state index contributed by atoms with van der Waals surface area (Å²) in [6, 6.07) is 13.8. The molecule has 1 saturated carbocycles. The molecule has 1 saturated heterocycles. The Hall–Kier alpha value is -3.19. The first-order valence-corrected chi connectivity index (χ1v) is 11.7. The van der Waals surface area contributed by atoms with Gasteiger partial charge in [-0.1, -0.05) is 12.8 Å². The molecule has 164 valence electrons. The summed E-state index contributed by atoms with van der Waals surface area (Å²) in [4.78, 5) is 20.4. The second-order valence-electron chi connectivity index (χ2n) is 8.00. The largest absolute Gasteiger partial charge is 0.497 e. The maximum atomic E-state index is 13.3. The number of hydrogen-bond donors (Lipinski definition) is 0. The number of nitrogens with zero attached hydrogens (tertiary/aromatic N) is 3. The van der Waals surface area contributed by atoms with E-state index in [0.29, 0.717) is 22.7 Å². The molecule has 0 atom stereocenters. The smallest absolute Gasteiger partial charge is 0.267 e. The topological polar surface area (TPSA) is 60.0 Å². The van der Waals surface area contributed by atoms with Crippen molar-refractivity contribution in [2.45, 2.75) is 38.3 Å². The van der Waals surface area contributed by atoms with Gasteiger partial charge in [0.15, 0.2) is 5.17 Å². The number of benzene rings is 1. The molecule has 1 aliphatic carbocycles. The normalized spacial score (nSPS) is 19.5. The molecule has 0 spiro atoms. The van der Waals surface area contributed by atoms with Crippen LogP contribution in [0.2, 0.25) is 0 Å². The fraction of sp³-hybridized carbons (Fsp3) is 0.280. The van der Waals surface area contributed by atoms with Crippen LogP contribution in [0.15, 0.2) is 75.4 Å². The molecule has 3 heterocycles. The highest BCUT2D eigenvalue weighted by atomic mass is 32.2. The number of rotatable bonds is 6. The molecule has 0 unspecified atom stereocenters. The third-order valence-corrected chi connectivity index (χ3v) is 6.87. The summed E-state index contributed by atoms with van der Waals surface area (Å²) in [6.07, 6.45) is 12.9. The van der Waals surface area contributed by atoms with Crippen molar-refractivity contribution in [3.63, 3.8) is 0 Å². The summed E-state index contributed by atoms with van der Waals surface area (Å²) >= 11 is 1.40. The number of carbonyl (C=O) groups is 1. The van der Waals surface area contributed by atoms with Gasteiger partial charge in [0, 0.05) is 18.4 Å². The predicted molar refractivity (Wildman–Crippen MR) is 127 cm³/mol. The number of ether oxygens (including phenoxy) is 1. The third-order valence-electron chi connectivity index (χ3n) is 5.86. The lowest BCUT2D eigenvalue weighted by atomic mass is 10.2. The fourth-order valence-corrected chi connectivity index (χ4v) is 5.15. The van der Waals surface area contributed by atoms with Gasteiger partial charge in [0.2, 0.25) is 0 Å². The monoisotopic (exact) mass is 447 g/mol. The molecular weight excluding hydrogens is 422 g/mol. The molecule has 6 nitrogen and oxygen atoms in total. The van der Waals surface area contributed by atoms with Gasteiger partial charge >= 0.3 is 0 Å². The van der Waals surface area contributed by atoms with Crippen LogP contribution in [0.1, 0.15) is 43.0 Å². The van der Waals surface area contributed by atoms with E-state index in [4.69, 9.17) is 14.1 Å². The molecule has 2 fully saturated rings. The summed E-state index contributed by atoms with van der Waals surface area (Å²) in [5, 5.41) is 0.637. The van der Waals surface area contributed by atoms with Crippen LogP contribution in [-0.4, -0.2) is 27.7 Å². The number of amides is 1. The Balaban J connectivity index is 1.43. The van der Waals surface area contributed by atoms with Gasteiger partial charge in [-0.2, -0.15) is 0 Å². The highest BCUT2D eigenvalue weighted by Gasteiger charge is 2.34. The van der Waals surface area contributed by atoms with E-state index in [2.05, 4.69) is 23.0 Å². The molecule has 32 heavy (non-hydrogen) atoms. The zero-order valence-corrected chi connectivity index (χ0v) is 18.8. The van der Waals surface area contributed by atoms with Crippen LogP contribution in [0.4, 0.5) is 5.69 Å². The van der Waals surface area contributed by atoms with E-state index in [9.17, 15) is 4.79 Å². The Labute approximate surface area is 191 Å². The number of thioether (sulfide) groups is 1. The van der Waals surface area contributed by atoms with E-state index >= 15 is 0 Å². The first-order chi connectivity index (χ1) is 15.7. The highest BCUT2D eigenvalue weighted by molar-refractivity contribution is 8.18. The fourth-order valence-electron chi connectivity index (χ4n) is 4.15. The zero-order chi connectivity index (χ0) is 21.9. The van der Waals surface area contributed by atoms with Crippen molar-refractivity contribution in [3.8, 4) is 5.75 Å². The summed E-state index contributed by atoms with van der Waals surface area (Å²) in [6.45, 7) is 0.342. The zero-order valence-electron chi connectivity index (χ0n) is 17.9. The summed E-state index contributed by atoms with van der Waals surface area (Å²) in [5.41, 5.74) is 1.80. The van der Waals surface area contributed by atoms with Crippen molar-refractivity contribution in [3.05, 3.63) is 77.4 Å². The number of aromatic nitrogens is 1. The van der Waals surface area contributed by atoms with Crippen LogP contribution in [-0.2, 0) is 11.3 Å². The number of aliphatic imine (C=N–C) groups is 1. The van der Waals surface area contributed by atoms with Crippen molar-refractivity contribution in [1.82, 2.24) is 9.47 Å². The molecule has 1 aliphatic heterocycles. The average molecular weight is 448 g/mol. The van der Waals surface area contributed by atoms with E-state index in [0.717, 1.165) is 22.8 Å². The van der Waals surface area contributed by atoms with Crippen LogP contribution in [0, 0.1) is 0 Å². The van der Waals surface area contributed by atoms with Crippen LogP contribution >= 0.6 is 11.8 Å². The Morgan fingerprint density at radius 1 is 1.19 bits per heavy atom. The van der Waals surface area contributed by atoms with Crippen molar-refractivity contribution < 1.29 is 13.9 Å². The summed E-state index contributed by atoms with van der Waals surface area (Å²) < 4.78 is 13.0. The van der Waals surface area contributed by atoms with Gasteiger partial charge in [-0.15, -0.1) is 0 Å². The minimum Gasteiger partial charge on any atom is -0.497 e. The predicted octanol–water partition coefficient (Wildman–Crippen LogP) is 6.01. The van der Waals surface area contributed by atoms with Crippen molar-refractivity contribution in [1.29, 1.82) is 0 Å². The molecule has 0 radical (unpaired) electrons. The number of methoxy groups -OCH3 is 1. The van der Waals surface area contributed by atoms with E-state index in [1.54, 1.807) is 18.3 Å². The number of amidine groups is 1. The van der Waals surface area contributed by atoms with E-state index in [1.807, 2.05) is 42.5 Å². The standard InChI is InChI=1S/C25H25N3O3S/c1-30-21-10-8-19(9-11-21)26-25-28(17-22-7-4-14-31-22)24(29)23(32-25)15-18-12-13-27(16-18)20-5-2-3-6-20/h4,7-16,20H,2-3,5-6,17H2,1H3/b23-15+,26-25?. The summed E-state index contributed by atoms with van der Waals surface area (Å²) in [5.74, 6) is 1.42. The van der Waals surface area contributed by atoms with E-state index < -0.39 is 0 Å². The second-order valence-corrected chi connectivity index (χ2v) is 9.01. The molecular formula is C25H25N3O3S. The number of carbonyl (C=O) groups excluding carboxylic acids is 1. The molecule has 0 N–H and O–H groups in total. The lowest BCUT2D eigenvalue weighted by Gasteiger charge is -2.13. The van der Waals surface area contributed by atoms with Crippen LogP contribution in [0.25, 0.3) is 6.08 Å². The van der Waals surface area contributed by atoms with Gasteiger partial charge in [-0.3, -0.25) is 9.69 Å². The minimum absolute atomic E-state index is 0.0627. The Morgan fingerprint density at radius 3 is 2.72 bits per heavy atom. The lowest BCUT2D eigenvalue weighted by Crippen LogP contribution is -2.28. The van der Waals surface area contributed by atoms with Gasteiger partial charge in [-0.05, 0) is 78.7 Å². The Kier molecular flexibility index (Phi) is 5.90. The van der Waals surface area contributed by atoms with E-state index in [-0.39, 0.29) is 5.91 Å². The maximum absolute atomic E-state index is 13.3. The number of hydrogen-bond acceptors (Lipinski definition) is 5. The van der Waals surface area contributed by atoms with Crippen LogP contribution < -0.4 is 4.74 Å². The highest BCUT2D eigenvalue weighted by Crippen LogP contribution is 2.36. The van der Waals surface area contributed by atoms with Crippen LogP contribution in [0.3, 0.4) is 0 Å². The lowest BCUT2D eigenvalue weighted by molar-refractivity contribution is -0.122. The van der Waals surface area contributed by atoms with Gasteiger partial charge in [0.05, 0.1) is 30.5 Å². The van der Waals surface area contributed by atoms with E-state index in [1.165, 1.54) is 37.4 Å². The third kappa shape index (κ3) is 4.39. The first-order valence-electron chi connectivity index (χ1n) is 10.8. The Morgan fingerprint density at radius 2 is 2.00 bits per heavy atom.